The largest absolute Gasteiger partial charge is 0.377 e. The molecule has 1 N–H and O–H groups in total. The molecule has 4 unspecified atom stereocenters. The summed E-state index contributed by atoms with van der Waals surface area (Å²) >= 11 is 0. The van der Waals surface area contributed by atoms with E-state index < -0.39 is 10.8 Å². The molecule has 0 saturated carbocycles. The molecule has 0 amide bonds. The highest BCUT2D eigenvalue weighted by Crippen LogP contribution is 2.23. The third kappa shape index (κ3) is 4.63. The zero-order valence-electron chi connectivity index (χ0n) is 13.3. The van der Waals surface area contributed by atoms with E-state index in [1.54, 1.807) is 0 Å². The fraction of sp³-hybridized carbons (Fsp3) is 0.647. The van der Waals surface area contributed by atoms with Gasteiger partial charge < -0.3 is 10.1 Å². The summed E-state index contributed by atoms with van der Waals surface area (Å²) in [7, 11) is -0.854. The average Bonchev–Trinajstić information content (AvgIpc) is 2.89. The molecule has 4 atom stereocenters. The van der Waals surface area contributed by atoms with Gasteiger partial charge in [-0.2, -0.15) is 0 Å². The minimum Gasteiger partial charge on any atom is -0.377 e. The molecule has 1 aliphatic rings. The molecule has 1 saturated heterocycles. The topological polar surface area (TPSA) is 38.3 Å². The molecule has 1 heterocycles. The first-order valence-corrected chi connectivity index (χ1v) is 9.28. The van der Waals surface area contributed by atoms with Gasteiger partial charge in [-0.3, -0.25) is 4.21 Å². The highest BCUT2D eigenvalue weighted by atomic mass is 32.2. The minimum atomic E-state index is -0.854. The van der Waals surface area contributed by atoms with Gasteiger partial charge in [0.2, 0.25) is 0 Å². The van der Waals surface area contributed by atoms with Crippen molar-refractivity contribution in [2.24, 2.45) is 0 Å². The molecule has 0 bridgehead atoms. The predicted molar refractivity (Wildman–Crippen MR) is 89.0 cm³/mol. The molecule has 3 nitrogen and oxygen atoms in total. The number of rotatable bonds is 7. The highest BCUT2D eigenvalue weighted by molar-refractivity contribution is 7.85. The molecule has 0 spiro atoms. The van der Waals surface area contributed by atoms with Crippen LogP contribution in [0.15, 0.2) is 24.3 Å². The molecule has 2 rings (SSSR count). The number of nitrogens with one attached hydrogen (secondary N) is 1. The van der Waals surface area contributed by atoms with Gasteiger partial charge in [0.05, 0.1) is 11.4 Å². The SMILES string of the molecule is CCCNC(CS(=O)C1CCOC1C)c1cccc(C)c1. The normalized spacial score (nSPS) is 24.9. The van der Waals surface area contributed by atoms with Crippen LogP contribution in [0.25, 0.3) is 0 Å². The maximum absolute atomic E-state index is 12.7. The first-order valence-electron chi connectivity index (χ1n) is 7.90. The van der Waals surface area contributed by atoms with Crippen LogP contribution in [-0.4, -0.2) is 34.5 Å². The molecule has 1 aliphatic heterocycles. The Labute approximate surface area is 130 Å². The Morgan fingerprint density at radius 2 is 2.29 bits per heavy atom. The van der Waals surface area contributed by atoms with Gasteiger partial charge in [-0.05, 0) is 38.8 Å². The average molecular weight is 309 g/mol. The molecule has 1 fully saturated rings. The Morgan fingerprint density at radius 1 is 1.48 bits per heavy atom. The van der Waals surface area contributed by atoms with Crippen LogP contribution in [0.2, 0.25) is 0 Å². The van der Waals surface area contributed by atoms with Crippen LogP contribution < -0.4 is 5.32 Å². The van der Waals surface area contributed by atoms with E-state index in [1.165, 1.54) is 11.1 Å². The standard InChI is InChI=1S/C17H27NO2S/c1-4-9-18-16(15-7-5-6-13(2)11-15)12-21(19)17-8-10-20-14(17)3/h5-7,11,14,16-18H,4,8-10,12H2,1-3H3. The second kappa shape index (κ2) is 8.06. The Bertz CT molecular complexity index is 478. The quantitative estimate of drug-likeness (QED) is 0.841. The Morgan fingerprint density at radius 3 is 2.90 bits per heavy atom. The highest BCUT2D eigenvalue weighted by Gasteiger charge is 2.31. The molecular weight excluding hydrogens is 282 g/mol. The van der Waals surface area contributed by atoms with E-state index in [2.05, 4.69) is 43.4 Å². The fourth-order valence-corrected chi connectivity index (χ4v) is 4.57. The number of ether oxygens (including phenoxy) is 1. The maximum atomic E-state index is 12.7. The monoisotopic (exact) mass is 309 g/mol. The Kier molecular flexibility index (Phi) is 6.40. The first-order chi connectivity index (χ1) is 10.1. The summed E-state index contributed by atoms with van der Waals surface area (Å²) in [5.74, 6) is 0.668. The van der Waals surface area contributed by atoms with Gasteiger partial charge in [-0.1, -0.05) is 36.8 Å². The third-order valence-electron chi connectivity index (χ3n) is 4.06. The summed E-state index contributed by atoms with van der Waals surface area (Å²) in [6, 6.07) is 8.67. The van der Waals surface area contributed by atoms with Crippen molar-refractivity contribution in [1.82, 2.24) is 5.32 Å². The number of hydrogen-bond donors (Lipinski definition) is 1. The number of aryl methyl sites for hydroxylation is 1. The second-order valence-corrected chi connectivity index (χ2v) is 7.57. The molecule has 0 aromatic heterocycles. The second-order valence-electron chi connectivity index (χ2n) is 5.87. The van der Waals surface area contributed by atoms with E-state index in [1.807, 2.05) is 6.92 Å². The zero-order chi connectivity index (χ0) is 15.2. The molecule has 4 heteroatoms. The summed E-state index contributed by atoms with van der Waals surface area (Å²) in [4.78, 5) is 0. The van der Waals surface area contributed by atoms with Gasteiger partial charge in [0.25, 0.3) is 0 Å². The van der Waals surface area contributed by atoms with Gasteiger partial charge >= 0.3 is 0 Å². The number of benzene rings is 1. The van der Waals surface area contributed by atoms with Crippen molar-refractivity contribution >= 4 is 10.8 Å². The van der Waals surface area contributed by atoms with Crippen LogP contribution in [0.1, 0.15) is 43.9 Å². The van der Waals surface area contributed by atoms with Gasteiger partial charge in [0.15, 0.2) is 0 Å². The van der Waals surface area contributed by atoms with E-state index in [4.69, 9.17) is 4.74 Å². The molecular formula is C17H27NO2S. The van der Waals surface area contributed by atoms with Crippen LogP contribution in [0.5, 0.6) is 0 Å². The van der Waals surface area contributed by atoms with Crippen molar-refractivity contribution in [2.45, 2.75) is 51.0 Å². The lowest BCUT2D eigenvalue weighted by molar-refractivity contribution is 0.127. The molecule has 1 aromatic rings. The molecule has 1 aromatic carbocycles. The zero-order valence-corrected chi connectivity index (χ0v) is 14.1. The Hall–Kier alpha value is -0.710. The molecule has 118 valence electrons. The maximum Gasteiger partial charge on any atom is 0.0691 e. The van der Waals surface area contributed by atoms with Crippen molar-refractivity contribution in [2.75, 3.05) is 18.9 Å². The molecule has 0 aliphatic carbocycles. The minimum absolute atomic E-state index is 0.121. The van der Waals surface area contributed by atoms with E-state index >= 15 is 0 Å². The van der Waals surface area contributed by atoms with Gasteiger partial charge in [0.1, 0.15) is 0 Å². The van der Waals surface area contributed by atoms with E-state index in [-0.39, 0.29) is 17.4 Å². The van der Waals surface area contributed by atoms with Gasteiger partial charge in [0, 0.05) is 29.2 Å². The summed E-state index contributed by atoms with van der Waals surface area (Å²) in [5, 5.41) is 3.73. The van der Waals surface area contributed by atoms with Crippen LogP contribution in [-0.2, 0) is 15.5 Å². The Balaban J connectivity index is 2.07. The lowest BCUT2D eigenvalue weighted by atomic mass is 10.1. The first kappa shape index (κ1) is 16.7. The third-order valence-corrected chi connectivity index (χ3v) is 6.02. The summed E-state index contributed by atoms with van der Waals surface area (Å²) in [6.45, 7) is 7.99. The van der Waals surface area contributed by atoms with Crippen molar-refractivity contribution in [1.29, 1.82) is 0 Å². The smallest absolute Gasteiger partial charge is 0.0691 e. The van der Waals surface area contributed by atoms with Crippen LogP contribution in [0.4, 0.5) is 0 Å². The van der Waals surface area contributed by atoms with Crippen molar-refractivity contribution in [3.63, 3.8) is 0 Å². The van der Waals surface area contributed by atoms with Crippen molar-refractivity contribution < 1.29 is 8.95 Å². The van der Waals surface area contributed by atoms with Crippen LogP contribution in [0, 0.1) is 6.92 Å². The molecule has 0 radical (unpaired) electrons. The van der Waals surface area contributed by atoms with E-state index in [0.29, 0.717) is 5.75 Å². The fourth-order valence-electron chi connectivity index (χ4n) is 2.82. The number of hydrogen-bond acceptors (Lipinski definition) is 3. The van der Waals surface area contributed by atoms with E-state index in [9.17, 15) is 4.21 Å². The lowest BCUT2D eigenvalue weighted by Gasteiger charge is -2.22. The van der Waals surface area contributed by atoms with Crippen LogP contribution >= 0.6 is 0 Å². The summed E-state index contributed by atoms with van der Waals surface area (Å²) < 4.78 is 18.2. The van der Waals surface area contributed by atoms with Gasteiger partial charge in [-0.15, -0.1) is 0 Å². The van der Waals surface area contributed by atoms with Gasteiger partial charge in [-0.25, -0.2) is 0 Å². The van der Waals surface area contributed by atoms with Crippen LogP contribution in [0.3, 0.4) is 0 Å². The van der Waals surface area contributed by atoms with Crippen molar-refractivity contribution in [3.05, 3.63) is 35.4 Å². The van der Waals surface area contributed by atoms with Crippen molar-refractivity contribution in [3.8, 4) is 0 Å². The predicted octanol–water partition coefficient (Wildman–Crippen LogP) is 2.96. The van der Waals surface area contributed by atoms with E-state index in [0.717, 1.165) is 26.0 Å². The molecule has 21 heavy (non-hydrogen) atoms. The summed E-state index contributed by atoms with van der Waals surface area (Å²) in [5.41, 5.74) is 2.49. The summed E-state index contributed by atoms with van der Waals surface area (Å²) in [6.07, 6.45) is 2.12. The lowest BCUT2D eigenvalue weighted by Crippen LogP contribution is -2.32.